The summed E-state index contributed by atoms with van der Waals surface area (Å²) in [6.45, 7) is 1.81. The molecule has 0 saturated heterocycles. The van der Waals surface area contributed by atoms with E-state index in [2.05, 4.69) is 5.43 Å². The highest BCUT2D eigenvalue weighted by Crippen LogP contribution is 2.48. The van der Waals surface area contributed by atoms with Crippen LogP contribution in [0.5, 0.6) is 0 Å². The van der Waals surface area contributed by atoms with E-state index in [9.17, 15) is 21.0 Å². The molecule has 1 rings (SSSR count). The molecule has 1 N–H and O–H groups in total. The number of nitrogens with one attached hydrogen (secondary N) is 1. The van der Waals surface area contributed by atoms with Gasteiger partial charge in [0.15, 0.2) is 5.41 Å². The maximum absolute atomic E-state index is 9.38. The summed E-state index contributed by atoms with van der Waals surface area (Å²) in [7, 11) is 3.56. The van der Waals surface area contributed by atoms with Crippen molar-refractivity contribution < 1.29 is 0 Å². The Bertz CT molecular complexity index is 481. The van der Waals surface area contributed by atoms with Crippen LogP contribution in [0.1, 0.15) is 19.8 Å². The van der Waals surface area contributed by atoms with Gasteiger partial charge in [-0.15, -0.1) is 0 Å². The lowest BCUT2D eigenvalue weighted by molar-refractivity contribution is 0.0769. The average molecular weight is 256 g/mol. The summed E-state index contributed by atoms with van der Waals surface area (Å²) in [5.74, 6) is -0.199. The zero-order valence-corrected chi connectivity index (χ0v) is 11.3. The zero-order chi connectivity index (χ0) is 14.7. The van der Waals surface area contributed by atoms with Crippen molar-refractivity contribution in [3.8, 4) is 24.3 Å². The fraction of sp³-hybridized carbons (Fsp3) is 0.692. The Hall–Kier alpha value is -2.12. The molecule has 6 nitrogen and oxygen atoms in total. The standard InChI is InChI=1S/C13H16N6/c1-10-4-11(18-19(2)3)13(8-16,9-17)5-12(10,6-14)7-15/h10-11,18H,4-5H2,1-3H3/t10-,11-/m0/s1. The van der Waals surface area contributed by atoms with Crippen LogP contribution in [0.4, 0.5) is 0 Å². The molecule has 0 aromatic rings. The van der Waals surface area contributed by atoms with Crippen molar-refractivity contribution in [3.05, 3.63) is 0 Å². The second kappa shape index (κ2) is 5.25. The fourth-order valence-electron chi connectivity index (χ4n) is 2.55. The van der Waals surface area contributed by atoms with E-state index in [1.165, 1.54) is 0 Å². The first kappa shape index (κ1) is 14.9. The third-order valence-corrected chi connectivity index (χ3v) is 3.80. The van der Waals surface area contributed by atoms with Gasteiger partial charge in [0, 0.05) is 20.5 Å². The Kier molecular flexibility index (Phi) is 4.13. The number of hydrogen-bond acceptors (Lipinski definition) is 6. The van der Waals surface area contributed by atoms with Crippen LogP contribution in [0.25, 0.3) is 0 Å². The molecular weight excluding hydrogens is 240 g/mol. The third-order valence-electron chi connectivity index (χ3n) is 3.80. The minimum atomic E-state index is -1.36. The lowest BCUT2D eigenvalue weighted by Crippen LogP contribution is -2.56. The molecule has 19 heavy (non-hydrogen) atoms. The molecule has 2 atom stereocenters. The SMILES string of the molecule is C[C@H]1C[C@H](NN(C)C)C(C#N)(C#N)CC1(C#N)C#N. The van der Waals surface area contributed by atoms with Crippen molar-refractivity contribution >= 4 is 0 Å². The van der Waals surface area contributed by atoms with Crippen molar-refractivity contribution in [2.24, 2.45) is 16.7 Å². The molecule has 1 saturated carbocycles. The van der Waals surface area contributed by atoms with Crippen molar-refractivity contribution in [3.63, 3.8) is 0 Å². The predicted octanol–water partition coefficient (Wildman–Crippen LogP) is 0.918. The Labute approximate surface area is 113 Å². The monoisotopic (exact) mass is 256 g/mol. The van der Waals surface area contributed by atoms with Crippen LogP contribution in [0.15, 0.2) is 0 Å². The van der Waals surface area contributed by atoms with Crippen molar-refractivity contribution in [1.29, 1.82) is 21.0 Å². The lowest BCUT2D eigenvalue weighted by Gasteiger charge is -2.44. The molecule has 98 valence electrons. The highest BCUT2D eigenvalue weighted by Gasteiger charge is 2.56. The molecule has 0 spiro atoms. The van der Waals surface area contributed by atoms with Gasteiger partial charge in [0.1, 0.15) is 5.41 Å². The molecule has 0 heterocycles. The van der Waals surface area contributed by atoms with Crippen LogP contribution in [-0.2, 0) is 0 Å². The van der Waals surface area contributed by atoms with Gasteiger partial charge in [-0.3, -0.25) is 5.01 Å². The minimum absolute atomic E-state index is 0.0489. The van der Waals surface area contributed by atoms with Crippen LogP contribution in [-0.4, -0.2) is 25.1 Å². The van der Waals surface area contributed by atoms with Crippen LogP contribution >= 0.6 is 0 Å². The normalized spacial score (nSPS) is 27.6. The Balaban J connectivity index is 3.24. The van der Waals surface area contributed by atoms with Crippen molar-refractivity contribution in [2.75, 3.05) is 14.1 Å². The first-order valence-electron chi connectivity index (χ1n) is 5.98. The third kappa shape index (κ3) is 2.38. The van der Waals surface area contributed by atoms with Gasteiger partial charge in [-0.2, -0.15) is 21.0 Å². The Morgan fingerprint density at radius 2 is 1.47 bits per heavy atom. The van der Waals surface area contributed by atoms with E-state index in [1.54, 1.807) is 19.1 Å². The second-order valence-corrected chi connectivity index (χ2v) is 5.28. The molecule has 0 aromatic carbocycles. The molecular formula is C13H16N6. The second-order valence-electron chi connectivity index (χ2n) is 5.28. The van der Waals surface area contributed by atoms with Gasteiger partial charge in [0.25, 0.3) is 0 Å². The molecule has 0 unspecified atom stereocenters. The van der Waals surface area contributed by atoms with E-state index >= 15 is 0 Å². The minimum Gasteiger partial charge on any atom is -0.250 e. The van der Waals surface area contributed by atoms with Gasteiger partial charge >= 0.3 is 0 Å². The highest BCUT2D eigenvalue weighted by molar-refractivity contribution is 5.30. The van der Waals surface area contributed by atoms with Crippen molar-refractivity contribution in [1.82, 2.24) is 10.4 Å². The van der Waals surface area contributed by atoms with E-state index in [4.69, 9.17) is 0 Å². The summed E-state index contributed by atoms with van der Waals surface area (Å²) in [6, 6.07) is 7.66. The van der Waals surface area contributed by atoms with E-state index in [0.717, 1.165) is 0 Å². The average Bonchev–Trinajstić information content (AvgIpc) is 2.40. The fourth-order valence-corrected chi connectivity index (χ4v) is 2.55. The van der Waals surface area contributed by atoms with E-state index in [0.29, 0.717) is 6.42 Å². The molecule has 1 aliphatic carbocycles. The molecule has 1 aliphatic rings. The summed E-state index contributed by atoms with van der Waals surface area (Å²) in [6.07, 6.45) is 0.382. The van der Waals surface area contributed by atoms with Gasteiger partial charge < -0.3 is 0 Å². The summed E-state index contributed by atoms with van der Waals surface area (Å²) in [5.41, 5.74) is 0.434. The van der Waals surface area contributed by atoms with E-state index < -0.39 is 10.8 Å². The van der Waals surface area contributed by atoms with Gasteiger partial charge in [0.05, 0.1) is 30.3 Å². The van der Waals surface area contributed by atoms with Crippen LogP contribution in [0, 0.1) is 62.1 Å². The first-order chi connectivity index (χ1) is 8.89. The van der Waals surface area contributed by atoms with Gasteiger partial charge in [-0.05, 0) is 12.3 Å². The zero-order valence-electron chi connectivity index (χ0n) is 11.3. The lowest BCUT2D eigenvalue weighted by atomic mass is 9.57. The van der Waals surface area contributed by atoms with Gasteiger partial charge in [-0.25, -0.2) is 5.43 Å². The smallest absolute Gasteiger partial charge is 0.162 e. The van der Waals surface area contributed by atoms with Crippen LogP contribution < -0.4 is 5.43 Å². The highest BCUT2D eigenvalue weighted by atomic mass is 15.5. The first-order valence-corrected chi connectivity index (χ1v) is 5.98. The maximum Gasteiger partial charge on any atom is 0.162 e. The summed E-state index contributed by atoms with van der Waals surface area (Å²) >= 11 is 0. The maximum atomic E-state index is 9.38. The van der Waals surface area contributed by atoms with E-state index in [-0.39, 0.29) is 18.4 Å². The Morgan fingerprint density at radius 3 is 1.84 bits per heavy atom. The number of rotatable bonds is 2. The molecule has 0 aromatic heterocycles. The van der Waals surface area contributed by atoms with E-state index in [1.807, 2.05) is 31.2 Å². The summed E-state index contributed by atoms with van der Waals surface area (Å²) in [4.78, 5) is 0. The quantitative estimate of drug-likeness (QED) is 0.735. The summed E-state index contributed by atoms with van der Waals surface area (Å²) in [5, 5.41) is 39.0. The summed E-state index contributed by atoms with van der Waals surface area (Å²) < 4.78 is 0. The van der Waals surface area contributed by atoms with Crippen molar-refractivity contribution in [2.45, 2.75) is 25.8 Å². The number of hydrazine groups is 1. The largest absolute Gasteiger partial charge is 0.250 e. The van der Waals surface area contributed by atoms with Crippen LogP contribution in [0.2, 0.25) is 0 Å². The van der Waals surface area contributed by atoms with Gasteiger partial charge in [-0.1, -0.05) is 6.92 Å². The number of nitriles is 4. The molecule has 6 heteroatoms. The molecule has 1 fully saturated rings. The topological polar surface area (TPSA) is 110 Å². The number of hydrogen-bond donors (Lipinski definition) is 1. The molecule has 0 aliphatic heterocycles. The molecule has 0 radical (unpaired) electrons. The van der Waals surface area contributed by atoms with Gasteiger partial charge in [0.2, 0.25) is 0 Å². The number of nitrogens with zero attached hydrogens (tertiary/aromatic N) is 5. The Morgan fingerprint density at radius 1 is 1.00 bits per heavy atom. The predicted molar refractivity (Wildman–Crippen MR) is 66.3 cm³/mol. The molecule has 0 bridgehead atoms. The molecule has 0 amide bonds. The van der Waals surface area contributed by atoms with Crippen LogP contribution in [0.3, 0.4) is 0 Å².